The number of amides is 2. The molecule has 0 radical (unpaired) electrons. The molecule has 8 nitrogen and oxygen atoms in total. The average Bonchev–Trinajstić information content (AvgIpc) is 3.25. The molecule has 0 bridgehead atoms. The van der Waals surface area contributed by atoms with Crippen LogP contribution in [0, 0.1) is 12.3 Å². The second-order valence-corrected chi connectivity index (χ2v) is 9.81. The van der Waals surface area contributed by atoms with Gasteiger partial charge >= 0.3 is 0 Å². The summed E-state index contributed by atoms with van der Waals surface area (Å²) in [6.07, 6.45) is 2.84. The number of benzene rings is 1. The predicted octanol–water partition coefficient (Wildman–Crippen LogP) is 3.06. The summed E-state index contributed by atoms with van der Waals surface area (Å²) in [6.45, 7) is 12.5. The van der Waals surface area contributed by atoms with Gasteiger partial charge in [0.05, 0.1) is 0 Å². The van der Waals surface area contributed by atoms with Crippen molar-refractivity contribution in [2.75, 3.05) is 39.3 Å². The number of nitrogens with one attached hydrogen (secondary N) is 1. The smallest absolute Gasteiger partial charge is 0.227 e. The minimum atomic E-state index is -0.396. The van der Waals surface area contributed by atoms with E-state index in [9.17, 15) is 9.59 Å². The third-order valence-corrected chi connectivity index (χ3v) is 5.90. The monoisotopic (exact) mass is 455 g/mol. The zero-order chi connectivity index (χ0) is 23.8. The van der Waals surface area contributed by atoms with Gasteiger partial charge in [0.25, 0.3) is 0 Å². The maximum atomic E-state index is 12.5. The van der Waals surface area contributed by atoms with Crippen molar-refractivity contribution in [3.8, 4) is 11.4 Å². The zero-order valence-electron chi connectivity index (χ0n) is 20.4. The maximum Gasteiger partial charge on any atom is 0.227 e. The molecular formula is C25H37N5O3. The Morgan fingerprint density at radius 1 is 1.06 bits per heavy atom. The second-order valence-electron chi connectivity index (χ2n) is 9.81. The van der Waals surface area contributed by atoms with Crippen molar-refractivity contribution in [1.82, 2.24) is 25.3 Å². The first kappa shape index (κ1) is 24.9. The maximum absolute atomic E-state index is 12.5. The molecule has 2 heterocycles. The van der Waals surface area contributed by atoms with Crippen LogP contribution in [-0.2, 0) is 16.0 Å². The molecule has 1 fully saturated rings. The van der Waals surface area contributed by atoms with Crippen LogP contribution in [0.5, 0.6) is 0 Å². The number of carbonyl (C=O) groups is 2. The van der Waals surface area contributed by atoms with Crippen LogP contribution < -0.4 is 5.32 Å². The minimum absolute atomic E-state index is 0.0236. The van der Waals surface area contributed by atoms with Crippen LogP contribution in [0.2, 0.25) is 0 Å². The highest BCUT2D eigenvalue weighted by molar-refractivity contribution is 5.81. The Balaban J connectivity index is 1.30. The van der Waals surface area contributed by atoms with Gasteiger partial charge in [-0.15, -0.1) is 0 Å². The van der Waals surface area contributed by atoms with Crippen molar-refractivity contribution in [3.05, 3.63) is 35.7 Å². The molecule has 0 unspecified atom stereocenters. The van der Waals surface area contributed by atoms with Crippen LogP contribution in [0.15, 0.2) is 28.8 Å². The summed E-state index contributed by atoms with van der Waals surface area (Å²) >= 11 is 0. The van der Waals surface area contributed by atoms with E-state index in [0.29, 0.717) is 31.1 Å². The lowest BCUT2D eigenvalue weighted by atomic mass is 9.96. The molecule has 180 valence electrons. The largest absolute Gasteiger partial charge is 0.356 e. The summed E-state index contributed by atoms with van der Waals surface area (Å²) in [7, 11) is 0. The molecule has 33 heavy (non-hydrogen) atoms. The fourth-order valence-corrected chi connectivity index (χ4v) is 3.72. The Morgan fingerprint density at radius 2 is 1.76 bits per heavy atom. The highest BCUT2D eigenvalue weighted by Crippen LogP contribution is 2.17. The third-order valence-electron chi connectivity index (χ3n) is 5.90. The molecule has 0 saturated carbocycles. The molecule has 1 N–H and O–H groups in total. The lowest BCUT2D eigenvalue weighted by Crippen LogP contribution is -2.49. The number of aryl methyl sites for hydroxylation is 2. The molecule has 1 aromatic carbocycles. The van der Waals surface area contributed by atoms with E-state index in [1.807, 2.05) is 49.9 Å². The lowest BCUT2D eigenvalue weighted by Gasteiger charge is -2.34. The molecule has 1 aliphatic heterocycles. The lowest BCUT2D eigenvalue weighted by molar-refractivity contribution is -0.133. The summed E-state index contributed by atoms with van der Waals surface area (Å²) in [4.78, 5) is 33.2. The number of hydrogen-bond donors (Lipinski definition) is 1. The van der Waals surface area contributed by atoms with Crippen LogP contribution in [0.4, 0.5) is 0 Å². The van der Waals surface area contributed by atoms with E-state index >= 15 is 0 Å². The van der Waals surface area contributed by atoms with Gasteiger partial charge in [0, 0.05) is 56.5 Å². The number of aromatic nitrogens is 2. The molecule has 2 aromatic rings. The van der Waals surface area contributed by atoms with Crippen molar-refractivity contribution < 1.29 is 14.1 Å². The van der Waals surface area contributed by atoms with E-state index in [4.69, 9.17) is 4.52 Å². The van der Waals surface area contributed by atoms with E-state index in [1.54, 1.807) is 0 Å². The van der Waals surface area contributed by atoms with Gasteiger partial charge in [-0.05, 0) is 26.3 Å². The Labute approximate surface area is 196 Å². The summed E-state index contributed by atoms with van der Waals surface area (Å²) in [5.41, 5.74) is 1.77. The first-order valence-corrected chi connectivity index (χ1v) is 11.9. The normalized spacial score (nSPS) is 15.0. The van der Waals surface area contributed by atoms with E-state index in [0.717, 1.165) is 51.1 Å². The van der Waals surface area contributed by atoms with Crippen molar-refractivity contribution in [2.24, 2.45) is 5.41 Å². The summed E-state index contributed by atoms with van der Waals surface area (Å²) < 4.78 is 5.41. The molecule has 3 rings (SSSR count). The molecule has 1 aliphatic rings. The quantitative estimate of drug-likeness (QED) is 0.585. The average molecular weight is 456 g/mol. The van der Waals surface area contributed by atoms with Gasteiger partial charge in [-0.2, -0.15) is 4.98 Å². The fourth-order valence-electron chi connectivity index (χ4n) is 3.72. The number of rotatable bonds is 9. The van der Waals surface area contributed by atoms with Crippen LogP contribution in [0.1, 0.15) is 51.5 Å². The predicted molar refractivity (Wildman–Crippen MR) is 128 cm³/mol. The Kier molecular flexibility index (Phi) is 8.61. The molecule has 0 spiro atoms. The summed E-state index contributed by atoms with van der Waals surface area (Å²) in [5, 5.41) is 7.00. The topological polar surface area (TPSA) is 91.6 Å². The van der Waals surface area contributed by atoms with Crippen molar-refractivity contribution in [1.29, 1.82) is 0 Å². The van der Waals surface area contributed by atoms with Crippen LogP contribution in [-0.4, -0.2) is 71.0 Å². The molecule has 2 amide bonds. The van der Waals surface area contributed by atoms with Crippen LogP contribution in [0.25, 0.3) is 11.4 Å². The Bertz CT molecular complexity index is 909. The zero-order valence-corrected chi connectivity index (χ0v) is 20.4. The highest BCUT2D eigenvalue weighted by atomic mass is 16.5. The number of nitrogens with zero attached hydrogens (tertiary/aromatic N) is 4. The van der Waals surface area contributed by atoms with Gasteiger partial charge in [0.2, 0.25) is 23.5 Å². The third kappa shape index (κ3) is 7.67. The minimum Gasteiger partial charge on any atom is -0.356 e. The second kappa shape index (κ2) is 11.4. The highest BCUT2D eigenvalue weighted by Gasteiger charge is 2.22. The van der Waals surface area contributed by atoms with Gasteiger partial charge in [0.1, 0.15) is 0 Å². The first-order valence-electron chi connectivity index (χ1n) is 11.9. The molecule has 0 atom stereocenters. The van der Waals surface area contributed by atoms with E-state index in [1.165, 1.54) is 5.56 Å². The van der Waals surface area contributed by atoms with E-state index in [-0.39, 0.29) is 11.8 Å². The standard InChI is InChI=1S/C25H37N5O3/c1-19-9-11-20(12-10-19)23-27-21(33-28-23)7-6-14-29-15-17-30(18-16-29)22(31)8-5-13-26-24(32)25(2,3)4/h9-12H,5-8,13-18H2,1-4H3,(H,26,32). The van der Waals surface area contributed by atoms with E-state index < -0.39 is 5.41 Å². The van der Waals surface area contributed by atoms with E-state index in [2.05, 4.69) is 27.3 Å². The van der Waals surface area contributed by atoms with Crippen LogP contribution in [0.3, 0.4) is 0 Å². The fraction of sp³-hybridized carbons (Fsp3) is 0.600. The summed E-state index contributed by atoms with van der Waals surface area (Å²) in [6, 6.07) is 8.10. The Morgan fingerprint density at radius 3 is 2.42 bits per heavy atom. The number of piperazine rings is 1. The number of carbonyl (C=O) groups excluding carboxylic acids is 2. The van der Waals surface area contributed by atoms with Crippen molar-refractivity contribution in [3.63, 3.8) is 0 Å². The SMILES string of the molecule is Cc1ccc(-c2noc(CCCN3CCN(C(=O)CCCNC(=O)C(C)(C)C)CC3)n2)cc1. The molecule has 8 heteroatoms. The summed E-state index contributed by atoms with van der Waals surface area (Å²) in [5.74, 6) is 1.50. The van der Waals surface area contributed by atoms with Gasteiger partial charge in [-0.25, -0.2) is 0 Å². The van der Waals surface area contributed by atoms with Crippen LogP contribution >= 0.6 is 0 Å². The van der Waals surface area contributed by atoms with Gasteiger partial charge in [-0.3, -0.25) is 14.5 Å². The molecular weight excluding hydrogens is 418 g/mol. The number of hydrogen-bond acceptors (Lipinski definition) is 6. The van der Waals surface area contributed by atoms with Gasteiger partial charge < -0.3 is 14.7 Å². The molecule has 1 saturated heterocycles. The Hall–Kier alpha value is -2.74. The molecule has 1 aromatic heterocycles. The van der Waals surface area contributed by atoms with Gasteiger partial charge in [-0.1, -0.05) is 55.8 Å². The van der Waals surface area contributed by atoms with Gasteiger partial charge in [0.15, 0.2) is 0 Å². The molecule has 0 aliphatic carbocycles. The first-order chi connectivity index (χ1) is 15.7. The van der Waals surface area contributed by atoms with Crippen molar-refractivity contribution in [2.45, 2.75) is 53.4 Å². The van der Waals surface area contributed by atoms with Crippen molar-refractivity contribution >= 4 is 11.8 Å².